The highest BCUT2D eigenvalue weighted by molar-refractivity contribution is 6.29. The van der Waals surface area contributed by atoms with Crippen LogP contribution in [-0.2, 0) is 13.5 Å². The van der Waals surface area contributed by atoms with Gasteiger partial charge in [-0.25, -0.2) is 4.98 Å². The van der Waals surface area contributed by atoms with Crippen LogP contribution in [0.4, 0.5) is 5.82 Å². The van der Waals surface area contributed by atoms with Crippen molar-refractivity contribution >= 4 is 23.3 Å². The van der Waals surface area contributed by atoms with Gasteiger partial charge in [-0.15, -0.1) is 0 Å². The van der Waals surface area contributed by atoms with E-state index in [1.165, 1.54) is 0 Å². The number of carbonyl (C=O) groups excluding carboxylic acids is 1. The largest absolute Gasteiger partial charge is 0.305 e. The molecule has 5 nitrogen and oxygen atoms in total. The molecule has 1 amide bonds. The molecule has 0 fully saturated rings. The van der Waals surface area contributed by atoms with Crippen molar-refractivity contribution in [2.24, 2.45) is 7.05 Å². The molecule has 0 aromatic carbocycles. The predicted molar refractivity (Wildman–Crippen MR) is 69.8 cm³/mol. The van der Waals surface area contributed by atoms with Crippen molar-refractivity contribution in [2.45, 2.75) is 13.3 Å². The molecule has 6 heteroatoms. The molecular formula is C12H13ClN4O. The first kappa shape index (κ1) is 12.6. The summed E-state index contributed by atoms with van der Waals surface area (Å²) in [5, 5.41) is 7.24. The first-order valence-electron chi connectivity index (χ1n) is 5.57. The molecule has 1 N–H and O–H groups in total. The van der Waals surface area contributed by atoms with E-state index in [0.717, 1.165) is 12.1 Å². The molecule has 2 aromatic rings. The molecular weight excluding hydrogens is 252 g/mol. The average Bonchev–Trinajstić information content (AvgIpc) is 2.70. The number of pyridine rings is 1. The lowest BCUT2D eigenvalue weighted by Gasteiger charge is -2.04. The van der Waals surface area contributed by atoms with Crippen molar-refractivity contribution in [3.63, 3.8) is 0 Å². The fourth-order valence-corrected chi connectivity index (χ4v) is 1.73. The predicted octanol–water partition coefficient (Wildman–Crippen LogP) is 2.28. The lowest BCUT2D eigenvalue weighted by molar-refractivity contribution is 0.101. The van der Waals surface area contributed by atoms with Gasteiger partial charge in [0.05, 0.1) is 5.69 Å². The Morgan fingerprint density at radius 1 is 1.50 bits per heavy atom. The summed E-state index contributed by atoms with van der Waals surface area (Å²) in [6.07, 6.45) is 0.788. The Labute approximate surface area is 110 Å². The Kier molecular flexibility index (Phi) is 3.62. The fraction of sp³-hybridized carbons (Fsp3) is 0.250. The van der Waals surface area contributed by atoms with Gasteiger partial charge in [0, 0.05) is 7.05 Å². The van der Waals surface area contributed by atoms with Crippen LogP contribution in [0.1, 0.15) is 23.1 Å². The van der Waals surface area contributed by atoms with Crippen LogP contribution >= 0.6 is 11.6 Å². The summed E-state index contributed by atoms with van der Waals surface area (Å²) in [4.78, 5) is 16.0. The molecule has 0 saturated heterocycles. The lowest BCUT2D eigenvalue weighted by Crippen LogP contribution is -2.16. The molecule has 2 heterocycles. The first-order chi connectivity index (χ1) is 8.60. The zero-order valence-corrected chi connectivity index (χ0v) is 10.9. The van der Waals surface area contributed by atoms with Gasteiger partial charge in [0.2, 0.25) is 0 Å². The van der Waals surface area contributed by atoms with Crippen LogP contribution in [0.3, 0.4) is 0 Å². The van der Waals surface area contributed by atoms with Gasteiger partial charge in [-0.05, 0) is 24.6 Å². The van der Waals surface area contributed by atoms with E-state index in [-0.39, 0.29) is 5.91 Å². The van der Waals surface area contributed by atoms with Gasteiger partial charge in [0.15, 0.2) is 0 Å². The molecule has 0 bridgehead atoms. The number of hydrogen-bond acceptors (Lipinski definition) is 3. The number of aromatic nitrogens is 3. The number of hydrogen-bond donors (Lipinski definition) is 1. The number of anilines is 1. The Bertz CT molecular complexity index is 579. The van der Waals surface area contributed by atoms with Crippen LogP contribution in [0.15, 0.2) is 24.3 Å². The Hall–Kier alpha value is -1.88. The van der Waals surface area contributed by atoms with E-state index in [0.29, 0.717) is 16.7 Å². The minimum absolute atomic E-state index is 0.250. The number of aryl methyl sites for hydroxylation is 2. The molecule has 0 unspecified atom stereocenters. The van der Waals surface area contributed by atoms with E-state index in [1.807, 2.05) is 6.92 Å². The van der Waals surface area contributed by atoms with E-state index in [9.17, 15) is 4.79 Å². The number of halogens is 1. The third kappa shape index (κ3) is 2.68. The molecule has 0 saturated carbocycles. The smallest absolute Gasteiger partial charge is 0.275 e. The van der Waals surface area contributed by atoms with Gasteiger partial charge in [-0.2, -0.15) is 5.10 Å². The van der Waals surface area contributed by atoms with Crippen LogP contribution in [-0.4, -0.2) is 20.7 Å². The molecule has 0 aliphatic heterocycles. The van der Waals surface area contributed by atoms with Gasteiger partial charge < -0.3 is 5.32 Å². The molecule has 18 heavy (non-hydrogen) atoms. The molecule has 2 aromatic heterocycles. The molecule has 0 aliphatic carbocycles. The normalized spacial score (nSPS) is 10.4. The van der Waals surface area contributed by atoms with Crippen molar-refractivity contribution in [2.75, 3.05) is 5.32 Å². The summed E-state index contributed by atoms with van der Waals surface area (Å²) in [6, 6.07) is 6.82. The van der Waals surface area contributed by atoms with E-state index in [2.05, 4.69) is 15.4 Å². The highest BCUT2D eigenvalue weighted by Crippen LogP contribution is 2.11. The van der Waals surface area contributed by atoms with Crippen molar-refractivity contribution in [1.29, 1.82) is 0 Å². The summed E-state index contributed by atoms with van der Waals surface area (Å²) in [5.74, 6) is 0.172. The van der Waals surface area contributed by atoms with Crippen molar-refractivity contribution < 1.29 is 4.79 Å². The SMILES string of the molecule is CCc1cc(C(=O)Nc2cccc(Cl)n2)n(C)n1. The molecule has 94 valence electrons. The van der Waals surface area contributed by atoms with Crippen LogP contribution in [0, 0.1) is 0 Å². The summed E-state index contributed by atoms with van der Waals surface area (Å²) < 4.78 is 1.55. The van der Waals surface area contributed by atoms with E-state index < -0.39 is 0 Å². The Morgan fingerprint density at radius 3 is 2.89 bits per heavy atom. The van der Waals surface area contributed by atoms with Gasteiger partial charge in [-0.1, -0.05) is 24.6 Å². The number of amides is 1. The second-order valence-corrected chi connectivity index (χ2v) is 4.18. The average molecular weight is 265 g/mol. The second-order valence-electron chi connectivity index (χ2n) is 3.80. The summed E-state index contributed by atoms with van der Waals surface area (Å²) >= 11 is 5.75. The third-order valence-corrected chi connectivity index (χ3v) is 2.69. The number of rotatable bonds is 3. The minimum atomic E-state index is -0.250. The Balaban J connectivity index is 2.19. The van der Waals surface area contributed by atoms with E-state index >= 15 is 0 Å². The topological polar surface area (TPSA) is 59.8 Å². The van der Waals surface area contributed by atoms with E-state index in [4.69, 9.17) is 11.6 Å². The van der Waals surface area contributed by atoms with Crippen LogP contribution < -0.4 is 5.32 Å². The highest BCUT2D eigenvalue weighted by atomic mass is 35.5. The van der Waals surface area contributed by atoms with Crippen molar-refractivity contribution in [3.05, 3.63) is 40.8 Å². The third-order valence-electron chi connectivity index (χ3n) is 2.48. The number of carbonyl (C=O) groups is 1. The van der Waals surface area contributed by atoms with E-state index in [1.54, 1.807) is 36.0 Å². The zero-order chi connectivity index (χ0) is 13.1. The molecule has 2 rings (SSSR count). The molecule has 0 radical (unpaired) electrons. The number of nitrogens with zero attached hydrogens (tertiary/aromatic N) is 3. The van der Waals surface area contributed by atoms with Gasteiger partial charge in [0.1, 0.15) is 16.7 Å². The lowest BCUT2D eigenvalue weighted by atomic mass is 10.3. The van der Waals surface area contributed by atoms with Gasteiger partial charge in [-0.3, -0.25) is 9.48 Å². The van der Waals surface area contributed by atoms with Gasteiger partial charge >= 0.3 is 0 Å². The molecule has 0 spiro atoms. The maximum atomic E-state index is 12.0. The van der Waals surface area contributed by atoms with Gasteiger partial charge in [0.25, 0.3) is 5.91 Å². The van der Waals surface area contributed by atoms with Crippen LogP contribution in [0.2, 0.25) is 5.15 Å². The van der Waals surface area contributed by atoms with Crippen molar-refractivity contribution in [3.8, 4) is 0 Å². The fourth-order valence-electron chi connectivity index (χ4n) is 1.57. The van der Waals surface area contributed by atoms with Crippen molar-refractivity contribution in [1.82, 2.24) is 14.8 Å². The summed E-state index contributed by atoms with van der Waals surface area (Å²) in [5.41, 5.74) is 1.37. The highest BCUT2D eigenvalue weighted by Gasteiger charge is 2.13. The molecule has 0 atom stereocenters. The standard InChI is InChI=1S/C12H13ClN4O/c1-3-8-7-9(17(2)16-8)12(18)15-11-6-4-5-10(13)14-11/h4-7H,3H2,1-2H3,(H,14,15,18). The summed E-state index contributed by atoms with van der Waals surface area (Å²) in [7, 11) is 1.74. The van der Waals surface area contributed by atoms with Crippen LogP contribution in [0.5, 0.6) is 0 Å². The second kappa shape index (κ2) is 5.18. The molecule has 0 aliphatic rings. The maximum Gasteiger partial charge on any atom is 0.275 e. The first-order valence-corrected chi connectivity index (χ1v) is 5.94. The minimum Gasteiger partial charge on any atom is -0.305 e. The van der Waals surface area contributed by atoms with Crippen LogP contribution in [0.25, 0.3) is 0 Å². The zero-order valence-electron chi connectivity index (χ0n) is 10.1. The monoisotopic (exact) mass is 264 g/mol. The summed E-state index contributed by atoms with van der Waals surface area (Å²) in [6.45, 7) is 1.99. The Morgan fingerprint density at radius 2 is 2.28 bits per heavy atom. The number of nitrogens with one attached hydrogen (secondary N) is 1. The quantitative estimate of drug-likeness (QED) is 0.866. The maximum absolute atomic E-state index is 12.0.